The molecule has 0 aromatic heterocycles. The van der Waals surface area contributed by atoms with Crippen LogP contribution >= 0.6 is 0 Å². The molecule has 0 aliphatic heterocycles. The number of benzene rings is 2. The highest BCUT2D eigenvalue weighted by Crippen LogP contribution is 2.72. The molecule has 1 fully saturated rings. The molecule has 3 nitrogen and oxygen atoms in total. The van der Waals surface area contributed by atoms with Gasteiger partial charge in [0.2, 0.25) is 0 Å². The topological polar surface area (TPSA) is 38.7 Å². The molecule has 2 aromatic carbocycles. The van der Waals surface area contributed by atoms with E-state index in [4.69, 9.17) is 9.47 Å². The van der Waals surface area contributed by atoms with Crippen molar-refractivity contribution in [3.63, 3.8) is 0 Å². The molecule has 0 spiro atoms. The van der Waals surface area contributed by atoms with Crippen LogP contribution in [0.2, 0.25) is 0 Å². The number of ether oxygens (including phenoxy) is 2. The van der Waals surface area contributed by atoms with E-state index in [1.54, 1.807) is 14.2 Å². The summed E-state index contributed by atoms with van der Waals surface area (Å²) in [5.41, 5.74) is 6.48. The number of allylic oxidation sites excluding steroid dienone is 1. The fourth-order valence-electron chi connectivity index (χ4n) is 5.70. The van der Waals surface area contributed by atoms with E-state index >= 15 is 0 Å². The quantitative estimate of drug-likeness (QED) is 0.919. The Balaban J connectivity index is 1.66. The van der Waals surface area contributed by atoms with E-state index in [1.165, 1.54) is 27.8 Å². The lowest BCUT2D eigenvalue weighted by atomic mass is 9.58. The van der Waals surface area contributed by atoms with Crippen LogP contribution in [0.5, 0.6) is 11.5 Å². The lowest BCUT2D eigenvalue weighted by molar-refractivity contribution is 0.275. The van der Waals surface area contributed by atoms with Gasteiger partial charge in [-0.05, 0) is 58.9 Å². The van der Waals surface area contributed by atoms with Crippen LogP contribution in [0.3, 0.4) is 0 Å². The molecule has 0 saturated heterocycles. The van der Waals surface area contributed by atoms with Crippen molar-refractivity contribution in [2.24, 2.45) is 11.8 Å². The minimum atomic E-state index is 0.149. The summed E-state index contributed by atoms with van der Waals surface area (Å²) < 4.78 is 11.4. The second kappa shape index (κ2) is 5.37. The number of fused-ring (bicyclic) bond motifs is 8. The van der Waals surface area contributed by atoms with Crippen LogP contribution in [0, 0.1) is 11.8 Å². The Bertz CT molecular complexity index is 868. The van der Waals surface area contributed by atoms with Gasteiger partial charge in [-0.1, -0.05) is 30.3 Å². The normalized spacial score (nSPS) is 28.4. The van der Waals surface area contributed by atoms with Gasteiger partial charge >= 0.3 is 0 Å². The Morgan fingerprint density at radius 3 is 2.04 bits per heavy atom. The standard InChI is InChI=1S/C22H22O3/c1-24-16-8-9-17(25-2)21-14-10-13(20(16)21)19-15(11-23)18(22(14)19)12-6-4-3-5-7-12/h3-9,13-14,19,22-23H,10-11H2,1-2H3/t13-,14-,19-,22+/m0/s1. The highest BCUT2D eigenvalue weighted by molar-refractivity contribution is 5.82. The summed E-state index contributed by atoms with van der Waals surface area (Å²) in [7, 11) is 3.49. The van der Waals surface area contributed by atoms with Gasteiger partial charge in [-0.2, -0.15) is 0 Å². The molecule has 1 saturated carbocycles. The molecule has 3 aliphatic rings. The van der Waals surface area contributed by atoms with Gasteiger partial charge in [0.25, 0.3) is 0 Å². The first-order valence-corrected chi connectivity index (χ1v) is 8.94. The maximum absolute atomic E-state index is 10.1. The van der Waals surface area contributed by atoms with Crippen LogP contribution in [0.25, 0.3) is 5.57 Å². The molecular weight excluding hydrogens is 312 g/mol. The van der Waals surface area contributed by atoms with Crippen molar-refractivity contribution in [2.75, 3.05) is 20.8 Å². The maximum Gasteiger partial charge on any atom is 0.122 e. The molecule has 128 valence electrons. The van der Waals surface area contributed by atoms with Crippen molar-refractivity contribution in [3.8, 4) is 11.5 Å². The molecule has 4 atom stereocenters. The number of aliphatic hydroxyl groups excluding tert-OH is 1. The number of aliphatic hydroxyl groups is 1. The monoisotopic (exact) mass is 334 g/mol. The molecule has 0 radical (unpaired) electrons. The van der Waals surface area contributed by atoms with Gasteiger partial charge < -0.3 is 14.6 Å². The smallest absolute Gasteiger partial charge is 0.122 e. The molecule has 25 heavy (non-hydrogen) atoms. The molecule has 2 bridgehead atoms. The predicted molar refractivity (Wildman–Crippen MR) is 97.1 cm³/mol. The largest absolute Gasteiger partial charge is 0.496 e. The first-order valence-electron chi connectivity index (χ1n) is 8.94. The zero-order chi connectivity index (χ0) is 17.1. The minimum Gasteiger partial charge on any atom is -0.496 e. The number of hydrogen-bond donors (Lipinski definition) is 1. The Labute approximate surface area is 147 Å². The second-order valence-corrected chi connectivity index (χ2v) is 7.26. The first kappa shape index (κ1) is 15.0. The van der Waals surface area contributed by atoms with Crippen molar-refractivity contribution in [1.29, 1.82) is 0 Å². The number of rotatable bonds is 4. The summed E-state index contributed by atoms with van der Waals surface area (Å²) in [6.45, 7) is 0.149. The highest BCUT2D eigenvalue weighted by Gasteiger charge is 2.60. The molecule has 1 N–H and O–H groups in total. The Morgan fingerprint density at radius 1 is 0.880 bits per heavy atom. The van der Waals surface area contributed by atoms with Gasteiger partial charge in [-0.25, -0.2) is 0 Å². The van der Waals surface area contributed by atoms with Gasteiger partial charge in [0.05, 0.1) is 20.8 Å². The van der Waals surface area contributed by atoms with E-state index in [0.29, 0.717) is 23.7 Å². The van der Waals surface area contributed by atoms with Gasteiger partial charge in [0.1, 0.15) is 11.5 Å². The van der Waals surface area contributed by atoms with Gasteiger partial charge in [0.15, 0.2) is 0 Å². The van der Waals surface area contributed by atoms with E-state index in [1.807, 2.05) is 18.2 Å². The third kappa shape index (κ3) is 1.79. The first-order chi connectivity index (χ1) is 12.3. The van der Waals surface area contributed by atoms with Crippen LogP contribution in [0.15, 0.2) is 48.0 Å². The average Bonchev–Trinajstić information content (AvgIpc) is 3.16. The Morgan fingerprint density at radius 2 is 1.48 bits per heavy atom. The summed E-state index contributed by atoms with van der Waals surface area (Å²) in [6.07, 6.45) is 1.13. The lowest BCUT2D eigenvalue weighted by Gasteiger charge is -2.46. The Kier molecular flexibility index (Phi) is 3.23. The van der Waals surface area contributed by atoms with E-state index in [2.05, 4.69) is 24.3 Å². The average molecular weight is 334 g/mol. The van der Waals surface area contributed by atoms with Crippen LogP contribution in [-0.4, -0.2) is 25.9 Å². The molecule has 0 amide bonds. The minimum absolute atomic E-state index is 0.149. The van der Waals surface area contributed by atoms with Crippen molar-refractivity contribution < 1.29 is 14.6 Å². The zero-order valence-corrected chi connectivity index (χ0v) is 14.5. The SMILES string of the molecule is COc1ccc(OC)c2c1[C@H]1C[C@@H]2[C@@H]2C(c3ccccc3)=C(CO)[C@@H]21. The summed E-state index contributed by atoms with van der Waals surface area (Å²) in [6, 6.07) is 14.6. The molecule has 3 heteroatoms. The fraction of sp³-hybridized carbons (Fsp3) is 0.364. The van der Waals surface area contributed by atoms with Crippen LogP contribution < -0.4 is 9.47 Å². The maximum atomic E-state index is 10.1. The molecule has 0 unspecified atom stereocenters. The third-order valence-corrected chi connectivity index (χ3v) is 6.49. The van der Waals surface area contributed by atoms with Crippen molar-refractivity contribution >= 4 is 5.57 Å². The Hall–Kier alpha value is -2.26. The molecule has 2 aromatic rings. The van der Waals surface area contributed by atoms with Crippen LogP contribution in [-0.2, 0) is 0 Å². The van der Waals surface area contributed by atoms with E-state index < -0.39 is 0 Å². The van der Waals surface area contributed by atoms with Crippen LogP contribution in [0.4, 0.5) is 0 Å². The van der Waals surface area contributed by atoms with Gasteiger partial charge in [-0.3, -0.25) is 0 Å². The van der Waals surface area contributed by atoms with Crippen molar-refractivity contribution in [3.05, 3.63) is 64.7 Å². The molecule has 3 aliphatic carbocycles. The fourth-order valence-corrected chi connectivity index (χ4v) is 5.70. The highest BCUT2D eigenvalue weighted by atomic mass is 16.5. The van der Waals surface area contributed by atoms with Gasteiger partial charge in [0, 0.05) is 11.1 Å². The molecule has 0 heterocycles. The summed E-state index contributed by atoms with van der Waals surface area (Å²) in [5.74, 6) is 3.77. The number of methoxy groups -OCH3 is 2. The molecular formula is C22H22O3. The lowest BCUT2D eigenvalue weighted by Crippen LogP contribution is -2.36. The van der Waals surface area contributed by atoms with Gasteiger partial charge in [-0.15, -0.1) is 0 Å². The molecule has 5 rings (SSSR count). The van der Waals surface area contributed by atoms with E-state index in [9.17, 15) is 5.11 Å². The van der Waals surface area contributed by atoms with Crippen molar-refractivity contribution in [2.45, 2.75) is 18.3 Å². The zero-order valence-electron chi connectivity index (χ0n) is 14.5. The van der Waals surface area contributed by atoms with Crippen LogP contribution in [0.1, 0.15) is 34.9 Å². The second-order valence-electron chi connectivity index (χ2n) is 7.26. The summed E-state index contributed by atoms with van der Waals surface area (Å²) in [4.78, 5) is 0. The van der Waals surface area contributed by atoms with Crippen molar-refractivity contribution in [1.82, 2.24) is 0 Å². The predicted octanol–water partition coefficient (Wildman–Crippen LogP) is 3.98. The summed E-state index contributed by atoms with van der Waals surface area (Å²) in [5, 5.41) is 10.1. The number of hydrogen-bond acceptors (Lipinski definition) is 3. The van der Waals surface area contributed by atoms with E-state index in [0.717, 1.165) is 17.9 Å². The summed E-state index contributed by atoms with van der Waals surface area (Å²) >= 11 is 0. The van der Waals surface area contributed by atoms with E-state index in [-0.39, 0.29) is 6.61 Å². The third-order valence-electron chi connectivity index (χ3n) is 6.49.